The van der Waals surface area contributed by atoms with Crippen LogP contribution in [0.2, 0.25) is 0 Å². The topological polar surface area (TPSA) is 114 Å². The molecule has 9 nitrogen and oxygen atoms in total. The molecule has 2 aromatic rings. The molecule has 0 saturated carbocycles. The molecule has 0 aromatic heterocycles. The van der Waals surface area contributed by atoms with E-state index in [0.29, 0.717) is 11.3 Å². The number of halogens is 1. The van der Waals surface area contributed by atoms with E-state index in [1.807, 2.05) is 0 Å². The highest BCUT2D eigenvalue weighted by Crippen LogP contribution is 2.29. The third-order valence-corrected chi connectivity index (χ3v) is 6.29. The largest absolute Gasteiger partial charge is 0.379 e. The van der Waals surface area contributed by atoms with Gasteiger partial charge in [-0.3, -0.25) is 15.5 Å². The fraction of sp³-hybridized carbons (Fsp3) is 0.278. The number of morpholine rings is 1. The number of sulfonamides is 1. The van der Waals surface area contributed by atoms with E-state index in [2.05, 4.69) is 10.5 Å². The summed E-state index contributed by atoms with van der Waals surface area (Å²) in [4.78, 5) is 10.2. The van der Waals surface area contributed by atoms with Gasteiger partial charge in [0.2, 0.25) is 10.0 Å². The number of ether oxygens (including phenoxy) is 1. The Bertz CT molecular complexity index is 1050. The molecule has 0 amide bonds. The van der Waals surface area contributed by atoms with Crippen molar-refractivity contribution in [2.75, 3.05) is 31.7 Å². The molecule has 1 aliphatic heterocycles. The van der Waals surface area contributed by atoms with Crippen LogP contribution in [-0.4, -0.2) is 49.7 Å². The lowest BCUT2D eigenvalue weighted by Gasteiger charge is -2.26. The van der Waals surface area contributed by atoms with Gasteiger partial charge in [-0.15, -0.1) is 0 Å². The van der Waals surface area contributed by atoms with Crippen LogP contribution in [0.4, 0.5) is 15.8 Å². The van der Waals surface area contributed by atoms with E-state index in [1.54, 1.807) is 13.0 Å². The van der Waals surface area contributed by atoms with Crippen LogP contribution in [0, 0.1) is 15.9 Å². The van der Waals surface area contributed by atoms with Gasteiger partial charge in [0.15, 0.2) is 0 Å². The fourth-order valence-corrected chi connectivity index (χ4v) is 4.35. The lowest BCUT2D eigenvalue weighted by Crippen LogP contribution is -2.40. The SMILES string of the molecule is C/C(=N\Nc1ccc([N+](=O)[O-])cc1S(=O)(=O)N1CCOCC1)c1cccc(F)c1. The van der Waals surface area contributed by atoms with Crippen LogP contribution in [-0.2, 0) is 14.8 Å². The number of hydrogen-bond donors (Lipinski definition) is 1. The molecule has 0 unspecified atom stereocenters. The van der Waals surface area contributed by atoms with Gasteiger partial charge in [-0.05, 0) is 25.1 Å². The van der Waals surface area contributed by atoms with E-state index < -0.39 is 20.8 Å². The van der Waals surface area contributed by atoms with Crippen molar-refractivity contribution in [2.45, 2.75) is 11.8 Å². The summed E-state index contributed by atoms with van der Waals surface area (Å²) in [6, 6.07) is 9.26. The summed E-state index contributed by atoms with van der Waals surface area (Å²) in [5.74, 6) is -0.428. The molecule has 29 heavy (non-hydrogen) atoms. The first-order valence-electron chi connectivity index (χ1n) is 8.71. The number of benzene rings is 2. The molecule has 1 N–H and O–H groups in total. The molecule has 1 fully saturated rings. The summed E-state index contributed by atoms with van der Waals surface area (Å²) < 4.78 is 45.9. The summed E-state index contributed by atoms with van der Waals surface area (Å²) in [7, 11) is -4.01. The van der Waals surface area contributed by atoms with Gasteiger partial charge in [0.1, 0.15) is 10.7 Å². The zero-order valence-electron chi connectivity index (χ0n) is 15.5. The van der Waals surface area contributed by atoms with Gasteiger partial charge < -0.3 is 4.74 Å². The van der Waals surface area contributed by atoms with Crippen LogP contribution in [0.15, 0.2) is 52.5 Å². The Labute approximate surface area is 167 Å². The molecule has 0 spiro atoms. The summed E-state index contributed by atoms with van der Waals surface area (Å²) in [6.45, 7) is 2.41. The number of anilines is 1. The molecule has 0 bridgehead atoms. The van der Waals surface area contributed by atoms with Crippen molar-refractivity contribution in [1.29, 1.82) is 0 Å². The molecule has 0 aliphatic carbocycles. The minimum Gasteiger partial charge on any atom is -0.379 e. The molecular weight excluding hydrogens is 403 g/mol. The van der Waals surface area contributed by atoms with Crippen LogP contribution in [0.25, 0.3) is 0 Å². The summed E-state index contributed by atoms with van der Waals surface area (Å²) in [6.07, 6.45) is 0. The molecule has 2 aromatic carbocycles. The Kier molecular flexibility index (Phi) is 6.20. The number of nitro groups is 1. The predicted octanol–water partition coefficient (Wildman–Crippen LogP) is 2.59. The Balaban J connectivity index is 1.98. The van der Waals surface area contributed by atoms with Crippen molar-refractivity contribution in [3.63, 3.8) is 0 Å². The first-order chi connectivity index (χ1) is 13.8. The molecule has 1 heterocycles. The third kappa shape index (κ3) is 4.75. The van der Waals surface area contributed by atoms with Gasteiger partial charge in [-0.1, -0.05) is 12.1 Å². The van der Waals surface area contributed by atoms with Gasteiger partial charge in [-0.2, -0.15) is 9.41 Å². The van der Waals surface area contributed by atoms with E-state index in [4.69, 9.17) is 4.74 Å². The molecule has 1 saturated heterocycles. The van der Waals surface area contributed by atoms with Crippen molar-refractivity contribution in [1.82, 2.24) is 4.31 Å². The molecule has 0 atom stereocenters. The number of hydrazone groups is 1. The van der Waals surface area contributed by atoms with Crippen LogP contribution in [0.1, 0.15) is 12.5 Å². The number of hydrogen-bond acceptors (Lipinski definition) is 7. The Morgan fingerprint density at radius 3 is 2.62 bits per heavy atom. The Hall–Kier alpha value is -2.89. The second-order valence-corrected chi connectivity index (χ2v) is 8.18. The maximum absolute atomic E-state index is 13.4. The lowest BCUT2D eigenvalue weighted by atomic mass is 10.1. The number of non-ortho nitro benzene ring substituents is 1. The molecule has 11 heteroatoms. The number of rotatable bonds is 6. The van der Waals surface area contributed by atoms with Gasteiger partial charge in [0.25, 0.3) is 5.69 Å². The highest BCUT2D eigenvalue weighted by atomic mass is 32.2. The van der Waals surface area contributed by atoms with Crippen LogP contribution in [0.5, 0.6) is 0 Å². The van der Waals surface area contributed by atoms with E-state index in [9.17, 15) is 22.9 Å². The van der Waals surface area contributed by atoms with Crippen molar-refractivity contribution >= 4 is 27.1 Å². The van der Waals surface area contributed by atoms with Crippen molar-refractivity contribution in [2.24, 2.45) is 5.10 Å². The Morgan fingerprint density at radius 1 is 1.24 bits per heavy atom. The number of nitrogens with one attached hydrogen (secondary N) is 1. The maximum atomic E-state index is 13.4. The molecular formula is C18H19FN4O5S. The van der Waals surface area contributed by atoms with E-state index in [-0.39, 0.29) is 42.6 Å². The first-order valence-corrected chi connectivity index (χ1v) is 10.2. The molecule has 0 radical (unpaired) electrons. The second-order valence-electron chi connectivity index (χ2n) is 6.27. The van der Waals surface area contributed by atoms with Gasteiger partial charge in [0, 0.05) is 30.8 Å². The maximum Gasteiger partial charge on any atom is 0.270 e. The van der Waals surface area contributed by atoms with Gasteiger partial charge in [-0.25, -0.2) is 12.8 Å². The summed E-state index contributed by atoms with van der Waals surface area (Å²) in [5, 5.41) is 15.3. The smallest absolute Gasteiger partial charge is 0.270 e. The zero-order valence-corrected chi connectivity index (χ0v) is 16.4. The van der Waals surface area contributed by atoms with E-state index in [0.717, 1.165) is 6.07 Å². The fourth-order valence-electron chi connectivity index (χ4n) is 2.78. The molecule has 1 aliphatic rings. The second kappa shape index (κ2) is 8.64. The lowest BCUT2D eigenvalue weighted by molar-refractivity contribution is -0.385. The third-order valence-electron chi connectivity index (χ3n) is 4.35. The van der Waals surface area contributed by atoms with Gasteiger partial charge in [0.05, 0.1) is 29.5 Å². The average Bonchev–Trinajstić information content (AvgIpc) is 2.72. The predicted molar refractivity (Wildman–Crippen MR) is 105 cm³/mol. The van der Waals surface area contributed by atoms with Crippen LogP contribution >= 0.6 is 0 Å². The number of nitro benzene ring substituents is 1. The van der Waals surface area contributed by atoms with Crippen molar-refractivity contribution < 1.29 is 22.5 Å². The van der Waals surface area contributed by atoms with E-state index in [1.165, 1.54) is 34.6 Å². The molecule has 154 valence electrons. The Morgan fingerprint density at radius 2 is 1.97 bits per heavy atom. The minimum atomic E-state index is -4.01. The highest BCUT2D eigenvalue weighted by molar-refractivity contribution is 7.89. The van der Waals surface area contributed by atoms with Gasteiger partial charge >= 0.3 is 0 Å². The average molecular weight is 422 g/mol. The zero-order chi connectivity index (χ0) is 21.0. The number of nitrogens with zero attached hydrogens (tertiary/aromatic N) is 3. The summed E-state index contributed by atoms with van der Waals surface area (Å²) >= 11 is 0. The first kappa shape index (κ1) is 20.8. The molecule has 3 rings (SSSR count). The van der Waals surface area contributed by atoms with Crippen LogP contribution in [0.3, 0.4) is 0 Å². The van der Waals surface area contributed by atoms with Crippen molar-refractivity contribution in [3.8, 4) is 0 Å². The van der Waals surface area contributed by atoms with E-state index >= 15 is 0 Å². The van der Waals surface area contributed by atoms with Crippen LogP contribution < -0.4 is 5.43 Å². The quantitative estimate of drug-likeness (QED) is 0.435. The normalized spacial score (nSPS) is 15.9. The highest BCUT2D eigenvalue weighted by Gasteiger charge is 2.30. The van der Waals surface area contributed by atoms with Crippen molar-refractivity contribution in [3.05, 3.63) is 64.0 Å². The monoisotopic (exact) mass is 422 g/mol. The minimum absolute atomic E-state index is 0.0813. The standard InChI is InChI=1S/C18H19FN4O5S/c1-13(14-3-2-4-15(19)11-14)20-21-17-6-5-16(23(24)25)12-18(17)29(26,27)22-7-9-28-10-8-22/h2-6,11-12,21H,7-10H2,1H3/b20-13+. The summed E-state index contributed by atoms with van der Waals surface area (Å²) in [5.41, 5.74) is 3.30.